The molecule has 166 valence electrons. The van der Waals surface area contributed by atoms with Crippen molar-refractivity contribution in [2.75, 3.05) is 13.2 Å². The summed E-state index contributed by atoms with van der Waals surface area (Å²) in [5.74, 6) is -0.252. The highest BCUT2D eigenvalue weighted by Crippen LogP contribution is 2.10. The standard InChI is InChI=1S/C20H38O2.C4H8O2/c1-3-5-6-7-8-9-10-11-12-13-14-15-16-17-18-19-20(21)22-4-2;1-3-6-4(2)5/h11-12H,3-10,13-19H2,1-2H3;3H2,1-2H3. The molecule has 0 aromatic rings. The number of carbonyl (C=O) groups is 2. The van der Waals surface area contributed by atoms with Gasteiger partial charge in [0, 0.05) is 13.3 Å². The van der Waals surface area contributed by atoms with Crippen molar-refractivity contribution in [2.45, 2.75) is 118 Å². The van der Waals surface area contributed by atoms with E-state index in [2.05, 4.69) is 23.8 Å². The number of carbonyl (C=O) groups excluding carboxylic acids is 2. The molecular formula is C24H46O4. The molecule has 0 aliphatic heterocycles. The number of unbranched alkanes of at least 4 members (excludes halogenated alkanes) is 11. The summed E-state index contributed by atoms with van der Waals surface area (Å²) in [4.78, 5) is 21.0. The van der Waals surface area contributed by atoms with Crippen molar-refractivity contribution in [3.05, 3.63) is 12.2 Å². The van der Waals surface area contributed by atoms with Gasteiger partial charge in [-0.3, -0.25) is 9.59 Å². The predicted molar refractivity (Wildman–Crippen MR) is 118 cm³/mol. The molecule has 0 saturated heterocycles. The van der Waals surface area contributed by atoms with E-state index in [-0.39, 0.29) is 11.9 Å². The first-order chi connectivity index (χ1) is 13.6. The van der Waals surface area contributed by atoms with Gasteiger partial charge in [0.05, 0.1) is 13.2 Å². The number of ether oxygens (including phenoxy) is 2. The smallest absolute Gasteiger partial charge is 0.305 e. The summed E-state index contributed by atoms with van der Waals surface area (Å²) in [6.45, 7) is 8.28. The Morgan fingerprint density at radius 3 is 1.54 bits per heavy atom. The first-order valence-corrected chi connectivity index (χ1v) is 11.5. The SMILES string of the molecule is CCCCCCCCC=CCCCCCCCC(=O)OCC.CCOC(C)=O. The lowest BCUT2D eigenvalue weighted by molar-refractivity contribution is -0.143. The molecule has 0 rings (SSSR count). The van der Waals surface area contributed by atoms with Crippen LogP contribution in [0.2, 0.25) is 0 Å². The normalized spacial score (nSPS) is 10.4. The molecule has 0 aromatic carbocycles. The zero-order chi connectivity index (χ0) is 21.3. The van der Waals surface area contributed by atoms with Gasteiger partial charge in [-0.2, -0.15) is 0 Å². The maximum atomic E-state index is 11.1. The molecule has 0 radical (unpaired) electrons. The summed E-state index contributed by atoms with van der Waals surface area (Å²) in [5, 5.41) is 0. The monoisotopic (exact) mass is 398 g/mol. The largest absolute Gasteiger partial charge is 0.466 e. The summed E-state index contributed by atoms with van der Waals surface area (Å²) in [6.07, 6.45) is 22.0. The molecule has 28 heavy (non-hydrogen) atoms. The molecule has 0 N–H and O–H groups in total. The molecule has 0 aliphatic carbocycles. The van der Waals surface area contributed by atoms with Crippen molar-refractivity contribution in [1.29, 1.82) is 0 Å². The summed E-state index contributed by atoms with van der Waals surface area (Å²) in [5.41, 5.74) is 0. The predicted octanol–water partition coefficient (Wildman–Crippen LogP) is 7.16. The number of hydrogen-bond donors (Lipinski definition) is 0. The number of rotatable bonds is 17. The number of hydrogen-bond acceptors (Lipinski definition) is 4. The first-order valence-electron chi connectivity index (χ1n) is 11.5. The highest BCUT2D eigenvalue weighted by atomic mass is 16.5. The first kappa shape index (κ1) is 28.9. The Morgan fingerprint density at radius 1 is 0.643 bits per heavy atom. The van der Waals surface area contributed by atoms with E-state index in [0.29, 0.717) is 19.6 Å². The number of esters is 2. The summed E-state index contributed by atoms with van der Waals surface area (Å²) < 4.78 is 9.32. The molecule has 0 atom stereocenters. The highest BCUT2D eigenvalue weighted by molar-refractivity contribution is 5.69. The van der Waals surface area contributed by atoms with Crippen LogP contribution in [0, 0.1) is 0 Å². The fourth-order valence-electron chi connectivity index (χ4n) is 2.78. The van der Waals surface area contributed by atoms with Crippen LogP contribution in [-0.2, 0) is 19.1 Å². The van der Waals surface area contributed by atoms with Crippen LogP contribution in [0.1, 0.15) is 118 Å². The molecule has 0 unspecified atom stereocenters. The van der Waals surface area contributed by atoms with Crippen LogP contribution in [-0.4, -0.2) is 25.2 Å². The molecule has 0 spiro atoms. The van der Waals surface area contributed by atoms with E-state index in [1.165, 1.54) is 77.6 Å². The topological polar surface area (TPSA) is 52.6 Å². The lowest BCUT2D eigenvalue weighted by atomic mass is 10.1. The lowest BCUT2D eigenvalue weighted by Gasteiger charge is -2.01. The average molecular weight is 399 g/mol. The van der Waals surface area contributed by atoms with E-state index < -0.39 is 0 Å². The summed E-state index contributed by atoms with van der Waals surface area (Å²) in [6, 6.07) is 0. The Labute approximate surface area is 174 Å². The van der Waals surface area contributed by atoms with E-state index in [1.54, 1.807) is 6.92 Å². The fourth-order valence-corrected chi connectivity index (χ4v) is 2.78. The van der Waals surface area contributed by atoms with E-state index in [4.69, 9.17) is 4.74 Å². The Balaban J connectivity index is 0. The molecule has 4 heteroatoms. The van der Waals surface area contributed by atoms with E-state index >= 15 is 0 Å². The second-order valence-corrected chi connectivity index (χ2v) is 7.06. The third kappa shape index (κ3) is 29.4. The van der Waals surface area contributed by atoms with Gasteiger partial charge in [0.25, 0.3) is 0 Å². The van der Waals surface area contributed by atoms with E-state index in [1.807, 2.05) is 6.92 Å². The van der Waals surface area contributed by atoms with Crippen LogP contribution < -0.4 is 0 Å². The van der Waals surface area contributed by atoms with Crippen molar-refractivity contribution in [3.63, 3.8) is 0 Å². The Bertz CT molecular complexity index is 364. The molecule has 0 bridgehead atoms. The zero-order valence-corrected chi connectivity index (χ0v) is 19.1. The molecule has 0 amide bonds. The molecule has 0 saturated carbocycles. The molecule has 0 aromatic heterocycles. The third-order valence-electron chi connectivity index (χ3n) is 4.30. The van der Waals surface area contributed by atoms with Gasteiger partial charge in [-0.15, -0.1) is 0 Å². The quantitative estimate of drug-likeness (QED) is 0.148. The maximum Gasteiger partial charge on any atom is 0.305 e. The minimum absolute atomic E-state index is 0.0415. The van der Waals surface area contributed by atoms with Crippen molar-refractivity contribution >= 4 is 11.9 Å². The van der Waals surface area contributed by atoms with Gasteiger partial charge in [-0.1, -0.05) is 70.4 Å². The van der Waals surface area contributed by atoms with Gasteiger partial charge in [-0.05, 0) is 46.0 Å². The highest BCUT2D eigenvalue weighted by Gasteiger charge is 2.00. The van der Waals surface area contributed by atoms with Gasteiger partial charge >= 0.3 is 11.9 Å². The molecule has 0 heterocycles. The average Bonchev–Trinajstić information content (AvgIpc) is 2.65. The summed E-state index contributed by atoms with van der Waals surface area (Å²) in [7, 11) is 0. The second-order valence-electron chi connectivity index (χ2n) is 7.06. The zero-order valence-electron chi connectivity index (χ0n) is 19.1. The molecule has 4 nitrogen and oxygen atoms in total. The van der Waals surface area contributed by atoms with Crippen LogP contribution in [0.5, 0.6) is 0 Å². The molecular weight excluding hydrogens is 352 g/mol. The van der Waals surface area contributed by atoms with Crippen LogP contribution >= 0.6 is 0 Å². The van der Waals surface area contributed by atoms with E-state index in [0.717, 1.165) is 12.8 Å². The van der Waals surface area contributed by atoms with Gasteiger partial charge in [0.15, 0.2) is 0 Å². The van der Waals surface area contributed by atoms with Gasteiger partial charge in [-0.25, -0.2) is 0 Å². The Hall–Kier alpha value is -1.32. The third-order valence-corrected chi connectivity index (χ3v) is 4.30. The lowest BCUT2D eigenvalue weighted by Crippen LogP contribution is -2.03. The maximum absolute atomic E-state index is 11.1. The van der Waals surface area contributed by atoms with Crippen LogP contribution in [0.3, 0.4) is 0 Å². The second kappa shape index (κ2) is 25.7. The van der Waals surface area contributed by atoms with Gasteiger partial charge < -0.3 is 9.47 Å². The van der Waals surface area contributed by atoms with Crippen LogP contribution in [0.15, 0.2) is 12.2 Å². The Kier molecular flexibility index (Phi) is 26.5. The minimum Gasteiger partial charge on any atom is -0.466 e. The minimum atomic E-state index is -0.211. The number of allylic oxidation sites excluding steroid dienone is 2. The van der Waals surface area contributed by atoms with Crippen LogP contribution in [0.4, 0.5) is 0 Å². The van der Waals surface area contributed by atoms with Crippen molar-refractivity contribution in [2.24, 2.45) is 0 Å². The van der Waals surface area contributed by atoms with Crippen molar-refractivity contribution in [3.8, 4) is 0 Å². The molecule has 0 fully saturated rings. The molecule has 0 aliphatic rings. The van der Waals surface area contributed by atoms with Crippen molar-refractivity contribution < 1.29 is 19.1 Å². The van der Waals surface area contributed by atoms with Gasteiger partial charge in [0.2, 0.25) is 0 Å². The van der Waals surface area contributed by atoms with Gasteiger partial charge in [0.1, 0.15) is 0 Å². The van der Waals surface area contributed by atoms with E-state index in [9.17, 15) is 9.59 Å². The van der Waals surface area contributed by atoms with Crippen molar-refractivity contribution in [1.82, 2.24) is 0 Å². The fraction of sp³-hybridized carbons (Fsp3) is 0.833. The Morgan fingerprint density at radius 2 is 1.11 bits per heavy atom. The van der Waals surface area contributed by atoms with Crippen LogP contribution in [0.25, 0.3) is 0 Å². The summed E-state index contributed by atoms with van der Waals surface area (Å²) >= 11 is 0.